The van der Waals surface area contributed by atoms with Gasteiger partial charge in [0.05, 0.1) is 12.7 Å². The van der Waals surface area contributed by atoms with Crippen LogP contribution in [0.2, 0.25) is 0 Å². The van der Waals surface area contributed by atoms with Crippen LogP contribution in [-0.2, 0) is 4.74 Å². The number of rotatable bonds is 7. The van der Waals surface area contributed by atoms with Gasteiger partial charge in [0.2, 0.25) is 0 Å². The molecule has 1 aromatic rings. The third kappa shape index (κ3) is 5.61. The molecule has 108 valence electrons. The number of likely N-dealkylation sites (N-methyl/N-ethyl adjacent to an activating group) is 1. The molecule has 0 aliphatic heterocycles. The van der Waals surface area contributed by atoms with Gasteiger partial charge in [0, 0.05) is 23.1 Å². The molecule has 0 saturated carbocycles. The molecule has 2 N–H and O–H groups in total. The van der Waals surface area contributed by atoms with Crippen LogP contribution in [0.15, 0.2) is 28.7 Å². The number of ether oxygens (including phenoxy) is 1. The summed E-state index contributed by atoms with van der Waals surface area (Å²) in [7, 11) is 2.10. The molecule has 0 spiro atoms. The predicted octanol–water partition coefficient (Wildman–Crippen LogP) is 3.19. The van der Waals surface area contributed by atoms with Crippen LogP contribution in [0.3, 0.4) is 0 Å². The van der Waals surface area contributed by atoms with E-state index in [0.29, 0.717) is 0 Å². The summed E-state index contributed by atoms with van der Waals surface area (Å²) in [5.74, 6) is 0. The monoisotopic (exact) mass is 328 g/mol. The molecule has 0 amide bonds. The van der Waals surface area contributed by atoms with E-state index in [-0.39, 0.29) is 18.2 Å². The SMILES string of the molecule is CC(C)OCCN(C)C(c1ccc(Br)cc1)C(C)N. The van der Waals surface area contributed by atoms with Crippen LogP contribution >= 0.6 is 15.9 Å². The fourth-order valence-corrected chi connectivity index (χ4v) is 2.46. The predicted molar refractivity (Wildman–Crippen MR) is 84.3 cm³/mol. The van der Waals surface area contributed by atoms with Crippen molar-refractivity contribution in [2.45, 2.75) is 39.0 Å². The maximum Gasteiger partial charge on any atom is 0.0597 e. The lowest BCUT2D eigenvalue weighted by Crippen LogP contribution is -2.39. The van der Waals surface area contributed by atoms with Crippen molar-refractivity contribution in [2.75, 3.05) is 20.2 Å². The Balaban J connectivity index is 2.68. The molecule has 0 aliphatic rings. The molecule has 0 aliphatic carbocycles. The Bertz CT molecular complexity index is 365. The van der Waals surface area contributed by atoms with Gasteiger partial charge in [-0.15, -0.1) is 0 Å². The van der Waals surface area contributed by atoms with Crippen molar-refractivity contribution in [1.29, 1.82) is 0 Å². The van der Waals surface area contributed by atoms with Crippen molar-refractivity contribution in [1.82, 2.24) is 4.90 Å². The van der Waals surface area contributed by atoms with Crippen LogP contribution < -0.4 is 5.73 Å². The van der Waals surface area contributed by atoms with Crippen molar-refractivity contribution < 1.29 is 4.74 Å². The largest absolute Gasteiger partial charge is 0.377 e. The smallest absolute Gasteiger partial charge is 0.0597 e. The fourth-order valence-electron chi connectivity index (χ4n) is 2.19. The lowest BCUT2D eigenvalue weighted by Gasteiger charge is -2.31. The molecule has 4 heteroatoms. The second-order valence-electron chi connectivity index (χ2n) is 5.26. The minimum atomic E-state index is 0.0743. The third-order valence-electron chi connectivity index (χ3n) is 3.08. The van der Waals surface area contributed by atoms with Crippen LogP contribution in [-0.4, -0.2) is 37.2 Å². The van der Waals surface area contributed by atoms with E-state index in [9.17, 15) is 0 Å². The zero-order chi connectivity index (χ0) is 14.4. The topological polar surface area (TPSA) is 38.5 Å². The summed E-state index contributed by atoms with van der Waals surface area (Å²) in [5, 5.41) is 0. The first-order valence-corrected chi connectivity index (χ1v) is 7.54. The van der Waals surface area contributed by atoms with Gasteiger partial charge in [-0.25, -0.2) is 0 Å². The Labute approximate surface area is 125 Å². The highest BCUT2D eigenvalue weighted by atomic mass is 79.9. The Kier molecular flexibility index (Phi) is 7.00. The highest BCUT2D eigenvalue weighted by Gasteiger charge is 2.20. The van der Waals surface area contributed by atoms with Crippen molar-refractivity contribution in [3.8, 4) is 0 Å². The van der Waals surface area contributed by atoms with Gasteiger partial charge < -0.3 is 10.5 Å². The maximum absolute atomic E-state index is 6.14. The number of hydrogen-bond donors (Lipinski definition) is 1. The maximum atomic E-state index is 6.14. The van der Waals surface area contributed by atoms with Gasteiger partial charge in [-0.1, -0.05) is 28.1 Å². The van der Waals surface area contributed by atoms with Gasteiger partial charge in [-0.2, -0.15) is 0 Å². The van der Waals surface area contributed by atoms with Gasteiger partial charge in [0.25, 0.3) is 0 Å². The van der Waals surface area contributed by atoms with E-state index in [1.807, 2.05) is 6.92 Å². The highest BCUT2D eigenvalue weighted by molar-refractivity contribution is 9.10. The molecule has 0 heterocycles. The average Bonchev–Trinajstić information content (AvgIpc) is 2.31. The lowest BCUT2D eigenvalue weighted by molar-refractivity contribution is 0.0535. The zero-order valence-electron chi connectivity index (χ0n) is 12.3. The van der Waals surface area contributed by atoms with E-state index in [0.717, 1.165) is 17.6 Å². The molecule has 0 radical (unpaired) electrons. The molecule has 2 unspecified atom stereocenters. The quantitative estimate of drug-likeness (QED) is 0.835. The normalized spacial score (nSPS) is 14.9. The summed E-state index contributed by atoms with van der Waals surface area (Å²) in [6, 6.07) is 8.65. The summed E-state index contributed by atoms with van der Waals surface area (Å²) in [5.41, 5.74) is 7.39. The Hall–Kier alpha value is -0.420. The van der Waals surface area contributed by atoms with Gasteiger partial charge in [-0.3, -0.25) is 4.90 Å². The van der Waals surface area contributed by atoms with Crippen LogP contribution in [0.1, 0.15) is 32.4 Å². The van der Waals surface area contributed by atoms with Crippen molar-refractivity contribution in [3.05, 3.63) is 34.3 Å². The fraction of sp³-hybridized carbons (Fsp3) is 0.600. The number of nitrogens with zero attached hydrogens (tertiary/aromatic N) is 1. The molecule has 0 saturated heterocycles. The molecule has 1 rings (SSSR count). The first-order valence-electron chi connectivity index (χ1n) is 6.74. The standard InChI is InChI=1S/C15H25BrN2O/c1-11(2)19-10-9-18(4)15(12(3)17)13-5-7-14(16)8-6-13/h5-8,11-12,15H,9-10,17H2,1-4H3. The second-order valence-corrected chi connectivity index (χ2v) is 6.17. The zero-order valence-corrected chi connectivity index (χ0v) is 13.9. The van der Waals surface area contributed by atoms with Crippen molar-refractivity contribution in [3.63, 3.8) is 0 Å². The van der Waals surface area contributed by atoms with Gasteiger partial charge >= 0.3 is 0 Å². The molecule has 0 bridgehead atoms. The van der Waals surface area contributed by atoms with Crippen molar-refractivity contribution >= 4 is 15.9 Å². The highest BCUT2D eigenvalue weighted by Crippen LogP contribution is 2.23. The minimum Gasteiger partial charge on any atom is -0.377 e. The van der Waals surface area contributed by atoms with Crippen LogP contribution in [0, 0.1) is 0 Å². The molecule has 19 heavy (non-hydrogen) atoms. The van der Waals surface area contributed by atoms with E-state index in [4.69, 9.17) is 10.5 Å². The molecule has 0 fully saturated rings. The summed E-state index contributed by atoms with van der Waals surface area (Å²) in [4.78, 5) is 2.26. The Morgan fingerprint density at radius 3 is 2.26 bits per heavy atom. The molecule has 0 aromatic heterocycles. The van der Waals surface area contributed by atoms with E-state index in [2.05, 4.69) is 66.0 Å². The number of hydrogen-bond acceptors (Lipinski definition) is 3. The lowest BCUT2D eigenvalue weighted by atomic mass is 10.00. The second kappa shape index (κ2) is 8.00. The number of nitrogens with two attached hydrogens (primary N) is 1. The molecule has 3 nitrogen and oxygen atoms in total. The van der Waals surface area contributed by atoms with E-state index in [1.54, 1.807) is 0 Å². The van der Waals surface area contributed by atoms with Crippen molar-refractivity contribution in [2.24, 2.45) is 5.73 Å². The summed E-state index contributed by atoms with van der Waals surface area (Å²) < 4.78 is 6.70. The van der Waals surface area contributed by atoms with E-state index in [1.165, 1.54) is 5.56 Å². The van der Waals surface area contributed by atoms with Crippen LogP contribution in [0.5, 0.6) is 0 Å². The number of benzene rings is 1. The summed E-state index contributed by atoms with van der Waals surface area (Å²) in [6.07, 6.45) is 0.273. The number of halogens is 1. The summed E-state index contributed by atoms with van der Waals surface area (Å²) in [6.45, 7) is 7.76. The first-order chi connectivity index (χ1) is 8.91. The van der Waals surface area contributed by atoms with E-state index >= 15 is 0 Å². The molecular weight excluding hydrogens is 304 g/mol. The molecule has 1 aromatic carbocycles. The van der Waals surface area contributed by atoms with Gasteiger partial charge in [-0.05, 0) is 45.5 Å². The van der Waals surface area contributed by atoms with Crippen LogP contribution in [0.25, 0.3) is 0 Å². The Morgan fingerprint density at radius 1 is 1.21 bits per heavy atom. The summed E-state index contributed by atoms with van der Waals surface area (Å²) >= 11 is 3.46. The molecule has 2 atom stereocenters. The first kappa shape index (κ1) is 16.6. The Morgan fingerprint density at radius 2 is 1.79 bits per heavy atom. The minimum absolute atomic E-state index is 0.0743. The molecular formula is C15H25BrN2O. The average molecular weight is 329 g/mol. The third-order valence-corrected chi connectivity index (χ3v) is 3.61. The van der Waals surface area contributed by atoms with E-state index < -0.39 is 0 Å². The van der Waals surface area contributed by atoms with Crippen LogP contribution in [0.4, 0.5) is 0 Å². The van der Waals surface area contributed by atoms with Gasteiger partial charge in [0.15, 0.2) is 0 Å². The van der Waals surface area contributed by atoms with Gasteiger partial charge in [0.1, 0.15) is 0 Å².